The molecule has 15 heavy (non-hydrogen) atoms. The summed E-state index contributed by atoms with van der Waals surface area (Å²) in [6, 6.07) is 5.96. The molecule has 0 saturated carbocycles. The van der Waals surface area contributed by atoms with Crippen LogP contribution in [0.2, 0.25) is 0 Å². The molecule has 1 aromatic heterocycles. The quantitative estimate of drug-likeness (QED) is 0.850. The van der Waals surface area contributed by atoms with Crippen LogP contribution in [0.1, 0.15) is 22.2 Å². The third-order valence-corrected chi connectivity index (χ3v) is 4.40. The van der Waals surface area contributed by atoms with Crippen molar-refractivity contribution in [3.63, 3.8) is 0 Å². The maximum absolute atomic E-state index is 11.1. The summed E-state index contributed by atoms with van der Waals surface area (Å²) in [5.74, 6) is -0.816. The van der Waals surface area contributed by atoms with Gasteiger partial charge in [-0.2, -0.15) is 0 Å². The second-order valence-corrected chi connectivity index (χ2v) is 5.40. The summed E-state index contributed by atoms with van der Waals surface area (Å²) >= 11 is 3.62. The van der Waals surface area contributed by atoms with Crippen LogP contribution in [-0.2, 0) is 6.42 Å². The molecule has 0 radical (unpaired) electrons. The van der Waals surface area contributed by atoms with E-state index in [0.29, 0.717) is 4.88 Å². The van der Waals surface area contributed by atoms with Gasteiger partial charge in [0, 0.05) is 13.7 Å². The van der Waals surface area contributed by atoms with Gasteiger partial charge in [-0.3, -0.25) is 0 Å². The van der Waals surface area contributed by atoms with Gasteiger partial charge in [0.05, 0.1) is 0 Å². The van der Waals surface area contributed by atoms with Crippen molar-refractivity contribution in [2.45, 2.75) is 13.3 Å². The average Bonchev–Trinajstić information content (AvgIpc) is 2.57. The minimum atomic E-state index is -0.816. The first-order valence-electron chi connectivity index (χ1n) is 4.58. The van der Waals surface area contributed by atoms with Gasteiger partial charge in [0.15, 0.2) is 0 Å². The Morgan fingerprint density at radius 3 is 2.87 bits per heavy atom. The van der Waals surface area contributed by atoms with E-state index in [2.05, 4.69) is 22.6 Å². The smallest absolute Gasteiger partial charge is 0.346 e. The van der Waals surface area contributed by atoms with Crippen molar-refractivity contribution in [1.29, 1.82) is 0 Å². The van der Waals surface area contributed by atoms with E-state index in [-0.39, 0.29) is 0 Å². The molecule has 0 saturated heterocycles. The molecule has 2 aromatic rings. The number of aryl methyl sites for hydroxylation is 1. The summed E-state index contributed by atoms with van der Waals surface area (Å²) in [4.78, 5) is 11.6. The lowest BCUT2D eigenvalue weighted by atomic mass is 10.1. The van der Waals surface area contributed by atoms with Crippen LogP contribution in [0.4, 0.5) is 0 Å². The van der Waals surface area contributed by atoms with Crippen molar-refractivity contribution in [1.82, 2.24) is 0 Å². The van der Waals surface area contributed by atoms with Gasteiger partial charge in [-0.1, -0.05) is 13.0 Å². The fourth-order valence-electron chi connectivity index (χ4n) is 1.68. The van der Waals surface area contributed by atoms with Crippen LogP contribution in [0, 0.1) is 3.57 Å². The Kier molecular flexibility index (Phi) is 2.97. The summed E-state index contributed by atoms with van der Waals surface area (Å²) in [7, 11) is 0. The predicted octanol–water partition coefficient (Wildman–Crippen LogP) is 3.77. The minimum absolute atomic E-state index is 0.483. The van der Waals surface area contributed by atoms with Crippen molar-refractivity contribution in [3.8, 4) is 0 Å². The van der Waals surface area contributed by atoms with Crippen LogP contribution in [0.15, 0.2) is 18.2 Å². The summed E-state index contributed by atoms with van der Waals surface area (Å²) in [5.41, 5.74) is 0.965. The fraction of sp³-hybridized carbons (Fsp3) is 0.182. The highest BCUT2D eigenvalue weighted by Crippen LogP contribution is 2.34. The highest BCUT2D eigenvalue weighted by molar-refractivity contribution is 14.1. The summed E-state index contributed by atoms with van der Waals surface area (Å²) < 4.78 is 2.20. The third kappa shape index (κ3) is 1.76. The second-order valence-electron chi connectivity index (χ2n) is 3.18. The minimum Gasteiger partial charge on any atom is -0.477 e. The molecular weight excluding hydrogens is 323 g/mol. The van der Waals surface area contributed by atoms with Gasteiger partial charge in [0.2, 0.25) is 0 Å². The number of hydrogen-bond donors (Lipinski definition) is 1. The largest absolute Gasteiger partial charge is 0.477 e. The predicted molar refractivity (Wildman–Crippen MR) is 70.9 cm³/mol. The number of carboxylic acids is 1. The molecule has 0 atom stereocenters. The second kappa shape index (κ2) is 4.09. The zero-order valence-corrected chi connectivity index (χ0v) is 11.1. The van der Waals surface area contributed by atoms with Crippen molar-refractivity contribution < 1.29 is 9.90 Å². The molecule has 4 heteroatoms. The molecule has 78 valence electrons. The van der Waals surface area contributed by atoms with Crippen LogP contribution in [0.3, 0.4) is 0 Å². The molecule has 0 aliphatic heterocycles. The van der Waals surface area contributed by atoms with E-state index in [9.17, 15) is 4.79 Å². The molecular formula is C11H9IO2S. The molecule has 0 fully saturated rings. The first-order valence-corrected chi connectivity index (χ1v) is 6.47. The highest BCUT2D eigenvalue weighted by atomic mass is 127. The molecule has 0 spiro atoms. The van der Waals surface area contributed by atoms with Crippen molar-refractivity contribution in [2.24, 2.45) is 0 Å². The lowest BCUT2D eigenvalue weighted by Crippen LogP contribution is -1.96. The summed E-state index contributed by atoms with van der Waals surface area (Å²) in [6.07, 6.45) is 0.766. The van der Waals surface area contributed by atoms with Crippen LogP contribution >= 0.6 is 33.9 Å². The van der Waals surface area contributed by atoms with Gasteiger partial charge in [0.25, 0.3) is 0 Å². The number of halogens is 1. The van der Waals surface area contributed by atoms with Gasteiger partial charge in [-0.25, -0.2) is 4.79 Å². The number of benzene rings is 1. The number of rotatable bonds is 2. The summed E-state index contributed by atoms with van der Waals surface area (Å²) in [5, 5.41) is 10.2. The molecule has 1 N–H and O–H groups in total. The molecule has 0 aliphatic carbocycles. The van der Waals surface area contributed by atoms with E-state index >= 15 is 0 Å². The first-order chi connectivity index (χ1) is 7.15. The van der Waals surface area contributed by atoms with Crippen molar-refractivity contribution in [3.05, 3.63) is 32.2 Å². The van der Waals surface area contributed by atoms with Crippen LogP contribution in [-0.4, -0.2) is 11.1 Å². The van der Waals surface area contributed by atoms with Gasteiger partial charge < -0.3 is 5.11 Å². The molecule has 1 heterocycles. The number of thiophene rings is 1. The molecule has 2 rings (SSSR count). The average molecular weight is 332 g/mol. The lowest BCUT2D eigenvalue weighted by molar-refractivity contribution is 0.0701. The number of hydrogen-bond acceptors (Lipinski definition) is 2. The first kappa shape index (κ1) is 10.9. The van der Waals surface area contributed by atoms with E-state index in [1.807, 2.05) is 25.1 Å². The fourth-order valence-corrected chi connectivity index (χ4v) is 3.84. The van der Waals surface area contributed by atoms with Crippen molar-refractivity contribution >= 4 is 50.0 Å². The molecule has 1 aromatic carbocycles. The van der Waals surface area contributed by atoms with Gasteiger partial charge in [-0.15, -0.1) is 11.3 Å². The third-order valence-electron chi connectivity index (χ3n) is 2.31. The normalized spacial score (nSPS) is 10.8. The molecule has 0 amide bonds. The Hall–Kier alpha value is -0.620. The number of carbonyl (C=O) groups is 1. The van der Waals surface area contributed by atoms with E-state index < -0.39 is 5.97 Å². The van der Waals surface area contributed by atoms with Crippen LogP contribution < -0.4 is 0 Å². The molecule has 0 unspecified atom stereocenters. The molecule has 2 nitrogen and oxygen atoms in total. The van der Waals surface area contributed by atoms with E-state index in [1.165, 1.54) is 11.3 Å². The van der Waals surface area contributed by atoms with E-state index in [0.717, 1.165) is 25.6 Å². The monoisotopic (exact) mass is 332 g/mol. The van der Waals surface area contributed by atoms with Crippen molar-refractivity contribution in [2.75, 3.05) is 0 Å². The van der Waals surface area contributed by atoms with E-state index in [4.69, 9.17) is 5.11 Å². The Morgan fingerprint density at radius 2 is 2.27 bits per heavy atom. The standard InChI is InChI=1S/C11H9IO2S/c1-2-6-9-7(12)4-3-5-8(9)15-10(6)11(13)14/h3-5H,2H2,1H3,(H,13,14). The highest BCUT2D eigenvalue weighted by Gasteiger charge is 2.17. The Bertz CT molecular complexity index is 531. The Balaban J connectivity index is 2.86. The van der Waals surface area contributed by atoms with E-state index in [1.54, 1.807) is 0 Å². The SMILES string of the molecule is CCc1c(C(=O)O)sc2cccc(I)c12. The summed E-state index contributed by atoms with van der Waals surface area (Å²) in [6.45, 7) is 2.00. The number of aromatic carboxylic acids is 1. The number of carboxylic acid groups (broad SMARTS) is 1. The van der Waals surface area contributed by atoms with Crippen LogP contribution in [0.25, 0.3) is 10.1 Å². The van der Waals surface area contributed by atoms with Gasteiger partial charge in [0.1, 0.15) is 4.88 Å². The lowest BCUT2D eigenvalue weighted by Gasteiger charge is -1.98. The van der Waals surface area contributed by atoms with Gasteiger partial charge >= 0.3 is 5.97 Å². The Labute approximate surface area is 105 Å². The maximum Gasteiger partial charge on any atom is 0.346 e. The molecule has 0 aliphatic rings. The maximum atomic E-state index is 11.1. The van der Waals surface area contributed by atoms with Crippen LogP contribution in [0.5, 0.6) is 0 Å². The van der Waals surface area contributed by atoms with Gasteiger partial charge in [-0.05, 0) is 46.7 Å². The zero-order valence-electron chi connectivity index (χ0n) is 8.08. The topological polar surface area (TPSA) is 37.3 Å². The molecule has 0 bridgehead atoms. The Morgan fingerprint density at radius 1 is 1.53 bits per heavy atom. The number of fused-ring (bicyclic) bond motifs is 1. The zero-order chi connectivity index (χ0) is 11.0.